The second kappa shape index (κ2) is 4.57. The number of aromatic nitrogens is 2. The first-order valence-electron chi connectivity index (χ1n) is 5.30. The average Bonchev–Trinajstić information content (AvgIpc) is 2.87. The van der Waals surface area contributed by atoms with Crippen molar-refractivity contribution in [3.63, 3.8) is 0 Å². The Hall–Kier alpha value is -1.49. The highest BCUT2D eigenvalue weighted by atomic mass is 16.5. The van der Waals surface area contributed by atoms with E-state index >= 15 is 0 Å². The number of carbonyl (C=O) groups excluding carboxylic acids is 2. The van der Waals surface area contributed by atoms with E-state index < -0.39 is 0 Å². The van der Waals surface area contributed by atoms with Crippen LogP contribution in [0.4, 0.5) is 0 Å². The first-order chi connectivity index (χ1) is 7.66. The van der Waals surface area contributed by atoms with Gasteiger partial charge < -0.3 is 4.74 Å². The van der Waals surface area contributed by atoms with E-state index in [2.05, 4.69) is 5.10 Å². The van der Waals surface area contributed by atoms with Crippen LogP contribution in [0.3, 0.4) is 0 Å². The third kappa shape index (κ3) is 2.36. The fourth-order valence-electron chi connectivity index (χ4n) is 1.75. The van der Waals surface area contributed by atoms with Crippen LogP contribution in [-0.2, 0) is 16.6 Å². The standard InChI is InChI=1S/C11H14N2O3/c1-13-4-2-9(12-13)11(15)6-10(14)8-3-5-16-7-8/h2,4,8H,3,5-7H2,1H3. The molecule has 1 aromatic rings. The van der Waals surface area contributed by atoms with Crippen LogP contribution in [0.1, 0.15) is 23.3 Å². The first-order valence-corrected chi connectivity index (χ1v) is 5.30. The highest BCUT2D eigenvalue weighted by Crippen LogP contribution is 2.16. The molecule has 16 heavy (non-hydrogen) atoms. The van der Waals surface area contributed by atoms with Gasteiger partial charge in [0.1, 0.15) is 11.5 Å². The van der Waals surface area contributed by atoms with Crippen LogP contribution in [0.25, 0.3) is 0 Å². The Morgan fingerprint density at radius 1 is 1.62 bits per heavy atom. The minimum Gasteiger partial charge on any atom is -0.381 e. The van der Waals surface area contributed by atoms with Crippen LogP contribution in [0.2, 0.25) is 0 Å². The molecule has 1 saturated heterocycles. The van der Waals surface area contributed by atoms with Crippen molar-refractivity contribution in [1.82, 2.24) is 9.78 Å². The molecule has 0 N–H and O–H groups in total. The van der Waals surface area contributed by atoms with E-state index in [1.54, 1.807) is 24.0 Å². The van der Waals surface area contributed by atoms with E-state index in [1.165, 1.54) is 0 Å². The summed E-state index contributed by atoms with van der Waals surface area (Å²) >= 11 is 0. The van der Waals surface area contributed by atoms with E-state index in [1.807, 2.05) is 0 Å². The van der Waals surface area contributed by atoms with Crippen molar-refractivity contribution in [1.29, 1.82) is 0 Å². The second-order valence-electron chi connectivity index (χ2n) is 4.00. The highest BCUT2D eigenvalue weighted by Gasteiger charge is 2.25. The van der Waals surface area contributed by atoms with Gasteiger partial charge in [0, 0.05) is 25.8 Å². The summed E-state index contributed by atoms with van der Waals surface area (Å²) in [4.78, 5) is 23.4. The molecule has 0 amide bonds. The number of hydrogen-bond donors (Lipinski definition) is 0. The molecule has 86 valence electrons. The van der Waals surface area contributed by atoms with Crippen molar-refractivity contribution >= 4 is 11.6 Å². The third-order valence-electron chi connectivity index (χ3n) is 2.72. The van der Waals surface area contributed by atoms with Gasteiger partial charge in [-0.2, -0.15) is 5.10 Å². The predicted molar refractivity (Wildman–Crippen MR) is 56.1 cm³/mol. The molecule has 1 atom stereocenters. The summed E-state index contributed by atoms with van der Waals surface area (Å²) in [6, 6.07) is 1.63. The summed E-state index contributed by atoms with van der Waals surface area (Å²) in [6.07, 6.45) is 2.36. The van der Waals surface area contributed by atoms with Crippen LogP contribution < -0.4 is 0 Å². The molecule has 1 unspecified atom stereocenters. The van der Waals surface area contributed by atoms with Crippen LogP contribution >= 0.6 is 0 Å². The summed E-state index contributed by atoms with van der Waals surface area (Å²) in [5, 5.41) is 3.97. The molecule has 2 heterocycles. The Morgan fingerprint density at radius 2 is 2.44 bits per heavy atom. The fraction of sp³-hybridized carbons (Fsp3) is 0.545. The van der Waals surface area contributed by atoms with Crippen molar-refractivity contribution in [2.24, 2.45) is 13.0 Å². The highest BCUT2D eigenvalue weighted by molar-refractivity contribution is 6.07. The van der Waals surface area contributed by atoms with Crippen LogP contribution in [-0.4, -0.2) is 34.6 Å². The van der Waals surface area contributed by atoms with Crippen molar-refractivity contribution in [2.45, 2.75) is 12.8 Å². The maximum atomic E-state index is 11.7. The lowest BCUT2D eigenvalue weighted by atomic mass is 9.98. The average molecular weight is 222 g/mol. The SMILES string of the molecule is Cn1ccc(C(=O)CC(=O)C2CCOC2)n1. The van der Waals surface area contributed by atoms with Crippen LogP contribution in [0.5, 0.6) is 0 Å². The summed E-state index contributed by atoms with van der Waals surface area (Å²) in [5.41, 5.74) is 0.356. The lowest BCUT2D eigenvalue weighted by Crippen LogP contribution is -2.18. The summed E-state index contributed by atoms with van der Waals surface area (Å²) in [7, 11) is 1.74. The molecule has 0 bridgehead atoms. The van der Waals surface area contributed by atoms with Gasteiger partial charge in [-0.15, -0.1) is 0 Å². The van der Waals surface area contributed by atoms with Crippen LogP contribution in [0, 0.1) is 5.92 Å². The van der Waals surface area contributed by atoms with E-state index in [0.717, 1.165) is 6.42 Å². The van der Waals surface area contributed by atoms with Crippen molar-refractivity contribution in [3.05, 3.63) is 18.0 Å². The molecule has 0 aromatic carbocycles. The van der Waals surface area contributed by atoms with Gasteiger partial charge in [0.15, 0.2) is 5.78 Å². The fourth-order valence-corrected chi connectivity index (χ4v) is 1.75. The van der Waals surface area contributed by atoms with E-state index in [0.29, 0.717) is 18.9 Å². The summed E-state index contributed by atoms with van der Waals surface area (Å²) < 4.78 is 6.67. The number of aryl methyl sites for hydroxylation is 1. The third-order valence-corrected chi connectivity index (χ3v) is 2.72. The van der Waals surface area contributed by atoms with Gasteiger partial charge in [-0.1, -0.05) is 0 Å². The molecule has 0 aliphatic carbocycles. The molecule has 5 nitrogen and oxygen atoms in total. The zero-order chi connectivity index (χ0) is 11.5. The molecule has 1 aliphatic rings. The molecule has 1 aromatic heterocycles. The van der Waals surface area contributed by atoms with Gasteiger partial charge in [0.05, 0.1) is 13.0 Å². The van der Waals surface area contributed by atoms with E-state index in [4.69, 9.17) is 4.74 Å². The number of carbonyl (C=O) groups is 2. The summed E-state index contributed by atoms with van der Waals surface area (Å²) in [5.74, 6) is -0.349. The maximum absolute atomic E-state index is 11.7. The van der Waals surface area contributed by atoms with Crippen molar-refractivity contribution in [2.75, 3.05) is 13.2 Å². The van der Waals surface area contributed by atoms with Gasteiger partial charge in [-0.3, -0.25) is 14.3 Å². The Morgan fingerprint density at radius 3 is 3.00 bits per heavy atom. The van der Waals surface area contributed by atoms with Crippen molar-refractivity contribution < 1.29 is 14.3 Å². The predicted octanol–water partition coefficient (Wildman–Crippen LogP) is 0.599. The largest absolute Gasteiger partial charge is 0.381 e. The Kier molecular flexibility index (Phi) is 3.14. The number of nitrogens with zero attached hydrogens (tertiary/aromatic N) is 2. The minimum absolute atomic E-state index is 0.0341. The van der Waals surface area contributed by atoms with E-state index in [9.17, 15) is 9.59 Å². The normalized spacial score (nSPS) is 19.9. The van der Waals surface area contributed by atoms with Gasteiger partial charge in [0.25, 0.3) is 0 Å². The quantitative estimate of drug-likeness (QED) is 0.553. The van der Waals surface area contributed by atoms with Gasteiger partial charge in [-0.25, -0.2) is 0 Å². The van der Waals surface area contributed by atoms with Crippen molar-refractivity contribution in [3.8, 4) is 0 Å². The monoisotopic (exact) mass is 222 g/mol. The molecule has 0 saturated carbocycles. The smallest absolute Gasteiger partial charge is 0.190 e. The molecule has 5 heteroatoms. The number of ketones is 2. The summed E-state index contributed by atoms with van der Waals surface area (Å²) in [6.45, 7) is 1.07. The topological polar surface area (TPSA) is 61.2 Å². The van der Waals surface area contributed by atoms with Gasteiger partial charge in [0.2, 0.25) is 0 Å². The zero-order valence-corrected chi connectivity index (χ0v) is 9.18. The van der Waals surface area contributed by atoms with E-state index in [-0.39, 0.29) is 23.9 Å². The Bertz CT molecular complexity index is 405. The first kappa shape index (κ1) is 11.0. The number of hydrogen-bond acceptors (Lipinski definition) is 4. The van der Waals surface area contributed by atoms with Gasteiger partial charge >= 0.3 is 0 Å². The Labute approximate surface area is 93.4 Å². The number of rotatable bonds is 4. The maximum Gasteiger partial charge on any atom is 0.190 e. The molecule has 0 spiro atoms. The minimum atomic E-state index is -0.211. The molecular formula is C11H14N2O3. The number of Topliss-reactive ketones (excluding diaryl/α,β-unsaturated/α-hetero) is 2. The Balaban J connectivity index is 1.94. The molecule has 2 rings (SSSR count). The lowest BCUT2D eigenvalue weighted by molar-refractivity contribution is -0.121. The lowest BCUT2D eigenvalue weighted by Gasteiger charge is -2.04. The second-order valence-corrected chi connectivity index (χ2v) is 4.00. The number of ether oxygens (including phenoxy) is 1. The zero-order valence-electron chi connectivity index (χ0n) is 9.18. The molecule has 0 radical (unpaired) electrons. The molecule has 1 fully saturated rings. The molecule has 1 aliphatic heterocycles. The van der Waals surface area contributed by atoms with Crippen LogP contribution in [0.15, 0.2) is 12.3 Å². The molecular weight excluding hydrogens is 208 g/mol. The van der Waals surface area contributed by atoms with Gasteiger partial charge in [-0.05, 0) is 12.5 Å².